The number of para-hydroxylation sites is 1. The van der Waals surface area contributed by atoms with E-state index in [1.54, 1.807) is 11.3 Å². The molecule has 0 bridgehead atoms. The van der Waals surface area contributed by atoms with Gasteiger partial charge < -0.3 is 0 Å². The Morgan fingerprint density at radius 1 is 1.43 bits per heavy atom. The number of carbonyl (C=O) groups excluding carboxylic acids is 1. The topological polar surface area (TPSA) is 33.2 Å². The van der Waals surface area contributed by atoms with Gasteiger partial charge in [-0.2, -0.15) is 0 Å². The lowest BCUT2D eigenvalue weighted by atomic mass is 9.93. The molecule has 110 valence electrons. The molecule has 2 aromatic rings. The standard InChI is InChI=1S/C17H20N2OS/c1-3-19(16(20)13-9-5-4-6-10-13)17-18-15-12(2)8-7-11-14(15)21-17/h4-5,7-8,11,13H,3,6,9-10H2,1-2H3/t13-/m1/s1. The third kappa shape index (κ3) is 2.72. The molecule has 1 aromatic carbocycles. The van der Waals surface area contributed by atoms with Crippen molar-refractivity contribution in [1.29, 1.82) is 0 Å². The minimum absolute atomic E-state index is 0.114. The zero-order chi connectivity index (χ0) is 14.8. The molecule has 0 spiro atoms. The van der Waals surface area contributed by atoms with Gasteiger partial charge in [-0.25, -0.2) is 4.98 Å². The van der Waals surface area contributed by atoms with Gasteiger partial charge in [-0.3, -0.25) is 9.69 Å². The van der Waals surface area contributed by atoms with E-state index in [1.165, 1.54) is 5.56 Å². The highest BCUT2D eigenvalue weighted by Crippen LogP contribution is 2.32. The highest BCUT2D eigenvalue weighted by molar-refractivity contribution is 7.22. The smallest absolute Gasteiger partial charge is 0.232 e. The zero-order valence-corrected chi connectivity index (χ0v) is 13.3. The molecule has 0 unspecified atom stereocenters. The number of allylic oxidation sites excluding steroid dienone is 2. The van der Waals surface area contributed by atoms with Crippen LogP contribution in [0.3, 0.4) is 0 Å². The van der Waals surface area contributed by atoms with E-state index < -0.39 is 0 Å². The molecule has 0 N–H and O–H groups in total. The number of thiazole rings is 1. The van der Waals surface area contributed by atoms with Crippen LogP contribution in [0.2, 0.25) is 0 Å². The maximum absolute atomic E-state index is 12.8. The van der Waals surface area contributed by atoms with Crippen molar-refractivity contribution in [3.63, 3.8) is 0 Å². The normalized spacial score (nSPS) is 18.1. The molecular formula is C17H20N2OS. The molecule has 1 aromatic heterocycles. The van der Waals surface area contributed by atoms with Crippen molar-refractivity contribution in [2.75, 3.05) is 11.4 Å². The van der Waals surface area contributed by atoms with E-state index in [4.69, 9.17) is 4.98 Å². The van der Waals surface area contributed by atoms with Crippen molar-refractivity contribution in [3.05, 3.63) is 35.9 Å². The Kier molecular flexibility index (Phi) is 4.06. The van der Waals surface area contributed by atoms with Gasteiger partial charge in [0.1, 0.15) is 0 Å². The van der Waals surface area contributed by atoms with E-state index in [9.17, 15) is 4.79 Å². The Morgan fingerprint density at radius 2 is 2.29 bits per heavy atom. The number of hydrogen-bond acceptors (Lipinski definition) is 3. The summed E-state index contributed by atoms with van der Waals surface area (Å²) in [7, 11) is 0. The molecule has 1 heterocycles. The van der Waals surface area contributed by atoms with Crippen LogP contribution < -0.4 is 4.90 Å². The second kappa shape index (κ2) is 5.98. The van der Waals surface area contributed by atoms with Gasteiger partial charge in [0.2, 0.25) is 5.91 Å². The molecule has 0 aliphatic heterocycles. The highest BCUT2D eigenvalue weighted by Gasteiger charge is 2.26. The summed E-state index contributed by atoms with van der Waals surface area (Å²) in [6.45, 7) is 4.77. The van der Waals surface area contributed by atoms with E-state index >= 15 is 0 Å². The fourth-order valence-corrected chi connectivity index (χ4v) is 3.93. The van der Waals surface area contributed by atoms with Gasteiger partial charge in [0.05, 0.1) is 10.2 Å². The fraction of sp³-hybridized carbons (Fsp3) is 0.412. The maximum Gasteiger partial charge on any atom is 0.232 e. The molecule has 0 saturated heterocycles. The molecule has 1 amide bonds. The van der Waals surface area contributed by atoms with Gasteiger partial charge in [-0.1, -0.05) is 35.6 Å². The second-order valence-electron chi connectivity index (χ2n) is 5.48. The van der Waals surface area contributed by atoms with E-state index in [-0.39, 0.29) is 11.8 Å². The molecule has 4 heteroatoms. The molecule has 3 nitrogen and oxygen atoms in total. The number of nitrogens with zero attached hydrogens (tertiary/aromatic N) is 2. The van der Waals surface area contributed by atoms with Gasteiger partial charge >= 0.3 is 0 Å². The van der Waals surface area contributed by atoms with Crippen LogP contribution in [0.25, 0.3) is 10.2 Å². The lowest BCUT2D eigenvalue weighted by Crippen LogP contribution is -2.36. The lowest BCUT2D eigenvalue weighted by Gasteiger charge is -2.24. The van der Waals surface area contributed by atoms with E-state index in [0.717, 1.165) is 34.6 Å². The van der Waals surface area contributed by atoms with Gasteiger partial charge in [-0.05, 0) is 44.7 Å². The molecule has 0 fully saturated rings. The number of hydrogen-bond donors (Lipinski definition) is 0. The average Bonchev–Trinajstić information content (AvgIpc) is 2.94. The van der Waals surface area contributed by atoms with Gasteiger partial charge in [-0.15, -0.1) is 0 Å². The second-order valence-corrected chi connectivity index (χ2v) is 6.49. The highest BCUT2D eigenvalue weighted by atomic mass is 32.1. The Morgan fingerprint density at radius 3 is 2.95 bits per heavy atom. The summed E-state index contributed by atoms with van der Waals surface area (Å²) < 4.78 is 1.15. The van der Waals surface area contributed by atoms with Crippen LogP contribution >= 0.6 is 11.3 Å². The van der Waals surface area contributed by atoms with Crippen LogP contribution in [0.1, 0.15) is 31.7 Å². The number of aryl methyl sites for hydroxylation is 1. The Labute approximate surface area is 129 Å². The first-order valence-corrected chi connectivity index (χ1v) is 8.35. The molecular weight excluding hydrogens is 280 g/mol. The minimum atomic E-state index is 0.114. The zero-order valence-electron chi connectivity index (χ0n) is 12.5. The predicted molar refractivity (Wildman–Crippen MR) is 88.9 cm³/mol. The van der Waals surface area contributed by atoms with Crippen LogP contribution in [0, 0.1) is 12.8 Å². The number of anilines is 1. The third-order valence-electron chi connectivity index (χ3n) is 4.04. The van der Waals surface area contributed by atoms with Crippen LogP contribution in [0.15, 0.2) is 30.4 Å². The number of aromatic nitrogens is 1. The number of benzene rings is 1. The van der Waals surface area contributed by atoms with Crippen LogP contribution in [-0.2, 0) is 4.79 Å². The summed E-state index contributed by atoms with van der Waals surface area (Å²) in [5, 5.41) is 0.835. The van der Waals surface area contributed by atoms with Crippen molar-refractivity contribution < 1.29 is 4.79 Å². The summed E-state index contributed by atoms with van der Waals surface area (Å²) >= 11 is 1.61. The minimum Gasteiger partial charge on any atom is -0.288 e. The predicted octanol–water partition coefficient (Wildman–Crippen LogP) is 4.31. The van der Waals surface area contributed by atoms with Gasteiger partial charge in [0.15, 0.2) is 5.13 Å². The first kappa shape index (κ1) is 14.3. The Bertz CT molecular complexity index is 689. The molecule has 1 aliphatic carbocycles. The van der Waals surface area contributed by atoms with Crippen molar-refractivity contribution in [2.24, 2.45) is 5.92 Å². The maximum atomic E-state index is 12.8. The summed E-state index contributed by atoms with van der Waals surface area (Å²) in [6.07, 6.45) is 7.12. The number of rotatable bonds is 3. The third-order valence-corrected chi connectivity index (χ3v) is 5.08. The van der Waals surface area contributed by atoms with Crippen LogP contribution in [0.5, 0.6) is 0 Å². The van der Waals surface area contributed by atoms with Crippen molar-refractivity contribution >= 4 is 32.6 Å². The monoisotopic (exact) mass is 300 g/mol. The molecule has 0 radical (unpaired) electrons. The van der Waals surface area contributed by atoms with E-state index in [1.807, 2.05) is 17.9 Å². The molecule has 0 saturated carbocycles. The Hall–Kier alpha value is -1.68. The number of fused-ring (bicyclic) bond motifs is 1. The van der Waals surface area contributed by atoms with Crippen LogP contribution in [0.4, 0.5) is 5.13 Å². The van der Waals surface area contributed by atoms with Crippen molar-refractivity contribution in [3.8, 4) is 0 Å². The number of carbonyl (C=O) groups is 1. The molecule has 1 atom stereocenters. The molecule has 1 aliphatic rings. The van der Waals surface area contributed by atoms with E-state index in [0.29, 0.717) is 6.54 Å². The van der Waals surface area contributed by atoms with Gasteiger partial charge in [0.25, 0.3) is 0 Å². The first-order chi connectivity index (χ1) is 10.2. The SMILES string of the molecule is CCN(C(=O)[C@@H]1CC=CCC1)c1nc2c(C)cccc2s1. The quantitative estimate of drug-likeness (QED) is 0.791. The molecule has 21 heavy (non-hydrogen) atoms. The summed E-state index contributed by atoms with van der Waals surface area (Å²) in [6, 6.07) is 6.19. The largest absolute Gasteiger partial charge is 0.288 e. The lowest BCUT2D eigenvalue weighted by molar-refractivity contribution is -0.122. The van der Waals surface area contributed by atoms with E-state index in [2.05, 4.69) is 31.2 Å². The summed E-state index contributed by atoms with van der Waals surface area (Å²) in [5.41, 5.74) is 2.19. The summed E-state index contributed by atoms with van der Waals surface area (Å²) in [5.74, 6) is 0.335. The fourth-order valence-electron chi connectivity index (χ4n) is 2.81. The van der Waals surface area contributed by atoms with Gasteiger partial charge in [0, 0.05) is 12.5 Å². The van der Waals surface area contributed by atoms with Crippen molar-refractivity contribution in [1.82, 2.24) is 4.98 Å². The van der Waals surface area contributed by atoms with Crippen LogP contribution in [-0.4, -0.2) is 17.4 Å². The molecule has 3 rings (SSSR count). The number of amides is 1. The van der Waals surface area contributed by atoms with Crippen molar-refractivity contribution in [2.45, 2.75) is 33.1 Å². The Balaban J connectivity index is 1.92. The average molecular weight is 300 g/mol. The first-order valence-electron chi connectivity index (χ1n) is 7.53. The summed E-state index contributed by atoms with van der Waals surface area (Å²) in [4.78, 5) is 19.3.